The van der Waals surface area contributed by atoms with Crippen LogP contribution in [-0.2, 0) is 22.4 Å². The number of benzene rings is 2. The molecule has 6 nitrogen and oxygen atoms in total. The van der Waals surface area contributed by atoms with Gasteiger partial charge in [-0.2, -0.15) is 5.10 Å². The second kappa shape index (κ2) is 9.58. The number of fused-ring (bicyclic) bond motifs is 2. The Balaban J connectivity index is 1.78. The minimum Gasteiger partial charge on any atom is -0.479 e. The lowest BCUT2D eigenvalue weighted by atomic mass is 9.90. The van der Waals surface area contributed by atoms with Crippen molar-refractivity contribution in [3.63, 3.8) is 0 Å². The van der Waals surface area contributed by atoms with Crippen molar-refractivity contribution in [2.45, 2.75) is 72.0 Å². The first-order valence-electron chi connectivity index (χ1n) is 12.7. The maximum absolute atomic E-state index is 12.5. The summed E-state index contributed by atoms with van der Waals surface area (Å²) in [6.07, 6.45) is 3.37. The molecule has 2 heterocycles. The van der Waals surface area contributed by atoms with Crippen LogP contribution in [0.4, 0.5) is 0 Å². The van der Waals surface area contributed by atoms with E-state index in [4.69, 9.17) is 26.4 Å². The van der Waals surface area contributed by atoms with Crippen molar-refractivity contribution in [1.82, 2.24) is 14.6 Å². The number of nitrogens with zero attached hydrogens (tertiary/aromatic N) is 3. The van der Waals surface area contributed by atoms with Gasteiger partial charge in [0.25, 0.3) is 0 Å². The van der Waals surface area contributed by atoms with Crippen molar-refractivity contribution in [2.24, 2.45) is 0 Å². The molecule has 7 heteroatoms. The Labute approximate surface area is 222 Å². The summed E-state index contributed by atoms with van der Waals surface area (Å²) in [4.78, 5) is 17.3. The smallest absolute Gasteiger partial charge is 0.337 e. The second-order valence-electron chi connectivity index (χ2n) is 10.9. The Kier molecular flexibility index (Phi) is 6.59. The molecule has 0 amide bonds. The standard InChI is InChI=1S/C30H32ClN3O3/c1-17-10-13-22(23(31)14-17)27-26(28(29(35)36)37-30(3,4)5)18(2)32-25-16-24(33-34(25)27)21-12-11-19-8-6-7-9-20(19)15-21/h10-16,28H,6-9H2,1-5H3,(H,35,36)/t28-/m0/s1. The van der Waals surface area contributed by atoms with Crippen molar-refractivity contribution in [3.8, 4) is 22.5 Å². The molecule has 0 aliphatic heterocycles. The Morgan fingerprint density at radius 2 is 1.78 bits per heavy atom. The van der Waals surface area contributed by atoms with Gasteiger partial charge in [0.2, 0.25) is 0 Å². The van der Waals surface area contributed by atoms with Gasteiger partial charge < -0.3 is 9.84 Å². The predicted octanol–water partition coefficient (Wildman–Crippen LogP) is 7.15. The zero-order valence-electron chi connectivity index (χ0n) is 21.9. The van der Waals surface area contributed by atoms with Gasteiger partial charge in [0.1, 0.15) is 0 Å². The Morgan fingerprint density at radius 3 is 2.46 bits per heavy atom. The van der Waals surface area contributed by atoms with E-state index in [1.807, 2.05) is 58.9 Å². The van der Waals surface area contributed by atoms with Crippen LogP contribution in [0.1, 0.15) is 67.7 Å². The third-order valence-corrected chi connectivity index (χ3v) is 7.12. The largest absolute Gasteiger partial charge is 0.479 e. The molecule has 1 aliphatic carbocycles. The van der Waals surface area contributed by atoms with Gasteiger partial charge in [-0.05, 0) is 89.1 Å². The third kappa shape index (κ3) is 5.00. The Hall–Kier alpha value is -3.22. The van der Waals surface area contributed by atoms with Crippen molar-refractivity contribution in [2.75, 3.05) is 0 Å². The van der Waals surface area contributed by atoms with E-state index in [-0.39, 0.29) is 0 Å². The van der Waals surface area contributed by atoms with Crippen molar-refractivity contribution in [3.05, 3.63) is 75.4 Å². The van der Waals surface area contributed by atoms with E-state index in [9.17, 15) is 9.90 Å². The number of carbonyl (C=O) groups is 1. The Bertz CT molecular complexity index is 1520. The van der Waals surface area contributed by atoms with Crippen LogP contribution in [0.25, 0.3) is 28.2 Å². The van der Waals surface area contributed by atoms with Gasteiger partial charge in [0.15, 0.2) is 11.8 Å². The molecule has 37 heavy (non-hydrogen) atoms. The number of carboxylic acid groups (broad SMARTS) is 1. The average molecular weight is 518 g/mol. The number of carboxylic acids is 1. The molecule has 1 atom stereocenters. The summed E-state index contributed by atoms with van der Waals surface area (Å²) in [6, 6.07) is 14.2. The van der Waals surface area contributed by atoms with E-state index >= 15 is 0 Å². The Morgan fingerprint density at radius 1 is 1.05 bits per heavy atom. The van der Waals surface area contributed by atoms with Crippen molar-refractivity contribution in [1.29, 1.82) is 0 Å². The molecule has 1 aliphatic rings. The van der Waals surface area contributed by atoms with Gasteiger partial charge in [-0.3, -0.25) is 0 Å². The normalized spacial score (nSPS) is 14.5. The highest BCUT2D eigenvalue weighted by Gasteiger charge is 2.33. The fourth-order valence-electron chi connectivity index (χ4n) is 5.14. The molecule has 4 aromatic rings. The lowest BCUT2D eigenvalue weighted by molar-refractivity contribution is -0.160. The molecule has 0 unspecified atom stereocenters. The van der Waals surface area contributed by atoms with Gasteiger partial charge in [-0.15, -0.1) is 0 Å². The van der Waals surface area contributed by atoms with Crippen molar-refractivity contribution < 1.29 is 14.6 Å². The molecule has 192 valence electrons. The topological polar surface area (TPSA) is 76.7 Å². The summed E-state index contributed by atoms with van der Waals surface area (Å²) in [5, 5.41) is 15.7. The molecular formula is C30H32ClN3O3. The van der Waals surface area contributed by atoms with Crippen LogP contribution in [0.15, 0.2) is 42.5 Å². The molecule has 2 aromatic carbocycles. The van der Waals surface area contributed by atoms with Crippen LogP contribution in [0.2, 0.25) is 5.02 Å². The predicted molar refractivity (Wildman–Crippen MR) is 146 cm³/mol. The van der Waals surface area contributed by atoms with Crippen molar-refractivity contribution >= 4 is 23.2 Å². The average Bonchev–Trinajstić information content (AvgIpc) is 3.25. The van der Waals surface area contributed by atoms with Gasteiger partial charge in [0.05, 0.1) is 22.0 Å². The molecule has 0 spiro atoms. The first kappa shape index (κ1) is 25.4. The quantitative estimate of drug-likeness (QED) is 0.304. The highest BCUT2D eigenvalue weighted by Crippen LogP contribution is 2.39. The molecule has 0 radical (unpaired) electrons. The maximum Gasteiger partial charge on any atom is 0.337 e. The number of aryl methyl sites for hydroxylation is 4. The zero-order valence-corrected chi connectivity index (χ0v) is 22.7. The summed E-state index contributed by atoms with van der Waals surface area (Å²) in [6.45, 7) is 9.30. The number of hydrogen-bond donors (Lipinski definition) is 1. The van der Waals surface area contributed by atoms with E-state index in [2.05, 4.69) is 18.2 Å². The molecule has 0 saturated carbocycles. The number of aromatic nitrogens is 3. The fraction of sp³-hybridized carbons (Fsp3) is 0.367. The van der Waals surface area contributed by atoms with Crippen LogP contribution in [0.3, 0.4) is 0 Å². The lowest BCUT2D eigenvalue weighted by Gasteiger charge is -2.27. The number of ether oxygens (including phenoxy) is 1. The molecular weight excluding hydrogens is 486 g/mol. The van der Waals surface area contributed by atoms with Crippen LogP contribution in [0, 0.1) is 13.8 Å². The molecule has 5 rings (SSSR count). The third-order valence-electron chi connectivity index (χ3n) is 6.81. The SMILES string of the molecule is Cc1ccc(-c2c([C@H](OC(C)(C)C)C(=O)O)c(C)nc3cc(-c4ccc5c(c4)CCCC5)nn23)c(Cl)c1. The fourth-order valence-corrected chi connectivity index (χ4v) is 5.46. The van der Waals surface area contributed by atoms with Crippen LogP contribution >= 0.6 is 11.6 Å². The summed E-state index contributed by atoms with van der Waals surface area (Å²) in [5.74, 6) is -1.09. The molecule has 1 N–H and O–H groups in total. The van der Waals surface area contributed by atoms with E-state index in [0.29, 0.717) is 33.2 Å². The lowest BCUT2D eigenvalue weighted by Crippen LogP contribution is -2.29. The van der Waals surface area contributed by atoms with Gasteiger partial charge in [-0.1, -0.05) is 35.9 Å². The van der Waals surface area contributed by atoms with Crippen LogP contribution in [-0.4, -0.2) is 31.3 Å². The number of aliphatic carboxylic acids is 1. The minimum absolute atomic E-state index is 0.445. The number of hydrogen-bond acceptors (Lipinski definition) is 4. The highest BCUT2D eigenvalue weighted by molar-refractivity contribution is 6.33. The van der Waals surface area contributed by atoms with E-state index in [1.54, 1.807) is 4.52 Å². The van der Waals surface area contributed by atoms with Crippen LogP contribution in [0.5, 0.6) is 0 Å². The zero-order chi connectivity index (χ0) is 26.5. The van der Waals surface area contributed by atoms with Gasteiger partial charge in [0, 0.05) is 28.5 Å². The summed E-state index contributed by atoms with van der Waals surface area (Å²) in [7, 11) is 0. The second-order valence-corrected chi connectivity index (χ2v) is 11.3. The van der Waals surface area contributed by atoms with Crippen LogP contribution < -0.4 is 0 Å². The molecule has 0 fully saturated rings. The minimum atomic E-state index is -1.25. The number of halogens is 1. The summed E-state index contributed by atoms with van der Waals surface area (Å²) >= 11 is 6.76. The van der Waals surface area contributed by atoms with Gasteiger partial charge >= 0.3 is 5.97 Å². The summed E-state index contributed by atoms with van der Waals surface area (Å²) < 4.78 is 7.79. The maximum atomic E-state index is 12.5. The van der Waals surface area contributed by atoms with E-state index in [0.717, 1.165) is 29.7 Å². The first-order valence-corrected chi connectivity index (χ1v) is 13.1. The first-order chi connectivity index (χ1) is 17.5. The molecule has 2 aromatic heterocycles. The van der Waals surface area contributed by atoms with Gasteiger partial charge in [-0.25, -0.2) is 14.3 Å². The molecule has 0 saturated heterocycles. The monoisotopic (exact) mass is 517 g/mol. The number of rotatable bonds is 5. The van der Waals surface area contributed by atoms with E-state index < -0.39 is 17.7 Å². The van der Waals surface area contributed by atoms with E-state index in [1.165, 1.54) is 24.0 Å². The highest BCUT2D eigenvalue weighted by atomic mass is 35.5. The molecule has 0 bridgehead atoms. The summed E-state index contributed by atoms with van der Waals surface area (Å²) in [5.41, 5.74) is 7.79.